The molecule has 1 N–H and O–H groups in total. The summed E-state index contributed by atoms with van der Waals surface area (Å²) in [6.07, 6.45) is 1.22. The maximum Gasteiger partial charge on any atom is 0.0594 e. The van der Waals surface area contributed by atoms with Gasteiger partial charge in [0.25, 0.3) is 0 Å². The molecule has 0 bridgehead atoms. The molecule has 0 saturated carbocycles. The van der Waals surface area contributed by atoms with Crippen molar-refractivity contribution >= 4 is 0 Å². The molecular formula is C12H26N2O. The fourth-order valence-corrected chi connectivity index (χ4v) is 2.02. The molecule has 0 spiro atoms. The van der Waals surface area contributed by atoms with Gasteiger partial charge in [0, 0.05) is 19.1 Å². The van der Waals surface area contributed by atoms with Crippen molar-refractivity contribution in [3.8, 4) is 0 Å². The van der Waals surface area contributed by atoms with Crippen LogP contribution >= 0.6 is 0 Å². The zero-order valence-corrected chi connectivity index (χ0v) is 10.5. The summed E-state index contributed by atoms with van der Waals surface area (Å²) in [4.78, 5) is 2.54. The third kappa shape index (κ3) is 4.49. The molecule has 3 nitrogen and oxygen atoms in total. The van der Waals surface area contributed by atoms with Crippen LogP contribution in [0.4, 0.5) is 0 Å². The van der Waals surface area contributed by atoms with E-state index in [-0.39, 0.29) is 0 Å². The first-order valence-corrected chi connectivity index (χ1v) is 6.28. The third-order valence-electron chi connectivity index (χ3n) is 3.34. The molecule has 1 heterocycles. The number of ether oxygens (including phenoxy) is 1. The van der Waals surface area contributed by atoms with Crippen molar-refractivity contribution < 1.29 is 4.74 Å². The van der Waals surface area contributed by atoms with E-state index in [9.17, 15) is 0 Å². The lowest BCUT2D eigenvalue weighted by Gasteiger charge is -2.35. The van der Waals surface area contributed by atoms with Crippen LogP contribution in [-0.2, 0) is 4.74 Å². The Kier molecular flexibility index (Phi) is 6.22. The third-order valence-corrected chi connectivity index (χ3v) is 3.34. The average molecular weight is 214 g/mol. The minimum Gasteiger partial charge on any atom is -0.379 e. The summed E-state index contributed by atoms with van der Waals surface area (Å²) in [7, 11) is 0. The lowest BCUT2D eigenvalue weighted by molar-refractivity contribution is 0.00923. The smallest absolute Gasteiger partial charge is 0.0594 e. The number of rotatable bonds is 6. The van der Waals surface area contributed by atoms with Gasteiger partial charge in [0.2, 0.25) is 0 Å². The Hall–Kier alpha value is -0.120. The Morgan fingerprint density at radius 1 is 1.27 bits per heavy atom. The van der Waals surface area contributed by atoms with Crippen LogP contribution in [0.1, 0.15) is 27.2 Å². The van der Waals surface area contributed by atoms with Crippen LogP contribution < -0.4 is 5.32 Å². The molecule has 1 fully saturated rings. The molecule has 0 aromatic rings. The fourth-order valence-electron chi connectivity index (χ4n) is 2.02. The summed E-state index contributed by atoms with van der Waals surface area (Å²) in [5, 5.41) is 3.50. The molecule has 1 aliphatic heterocycles. The Morgan fingerprint density at radius 3 is 2.53 bits per heavy atom. The molecule has 0 aromatic heterocycles. The highest BCUT2D eigenvalue weighted by atomic mass is 16.5. The molecule has 1 aliphatic rings. The first kappa shape index (κ1) is 12.9. The first-order chi connectivity index (χ1) is 7.25. The van der Waals surface area contributed by atoms with E-state index < -0.39 is 0 Å². The van der Waals surface area contributed by atoms with Crippen LogP contribution in [-0.4, -0.2) is 50.3 Å². The minimum absolute atomic E-state index is 0.665. The lowest BCUT2D eigenvalue weighted by Crippen LogP contribution is -2.46. The Labute approximate surface area is 94.2 Å². The van der Waals surface area contributed by atoms with E-state index in [1.54, 1.807) is 0 Å². The van der Waals surface area contributed by atoms with Crippen LogP contribution in [0.2, 0.25) is 0 Å². The molecule has 1 rings (SSSR count). The van der Waals surface area contributed by atoms with Gasteiger partial charge in [-0.25, -0.2) is 0 Å². The summed E-state index contributed by atoms with van der Waals surface area (Å²) in [6.45, 7) is 13.2. The van der Waals surface area contributed by atoms with Crippen molar-refractivity contribution in [2.75, 3.05) is 39.4 Å². The number of hydrogen-bond acceptors (Lipinski definition) is 3. The summed E-state index contributed by atoms with van der Waals surface area (Å²) in [5.41, 5.74) is 0. The highest BCUT2D eigenvalue weighted by Crippen LogP contribution is 2.11. The monoisotopic (exact) mass is 214 g/mol. The molecule has 15 heavy (non-hydrogen) atoms. The van der Waals surface area contributed by atoms with Gasteiger partial charge in [-0.2, -0.15) is 0 Å². The van der Waals surface area contributed by atoms with Crippen LogP contribution in [0.25, 0.3) is 0 Å². The van der Waals surface area contributed by atoms with Gasteiger partial charge in [-0.05, 0) is 32.4 Å². The van der Waals surface area contributed by atoms with E-state index >= 15 is 0 Å². The standard InChI is InChI=1S/C12H26N2O/c1-4-5-13-10-11(2)12(3)14-6-8-15-9-7-14/h11-13H,4-10H2,1-3H3. The zero-order chi connectivity index (χ0) is 11.1. The maximum atomic E-state index is 5.37. The predicted molar refractivity (Wildman–Crippen MR) is 64.2 cm³/mol. The lowest BCUT2D eigenvalue weighted by atomic mass is 10.0. The second-order valence-corrected chi connectivity index (χ2v) is 4.57. The molecule has 2 unspecified atom stereocenters. The molecule has 3 heteroatoms. The largest absolute Gasteiger partial charge is 0.379 e. The first-order valence-electron chi connectivity index (χ1n) is 6.28. The molecule has 0 radical (unpaired) electrons. The fraction of sp³-hybridized carbons (Fsp3) is 1.00. The Balaban J connectivity index is 2.21. The van der Waals surface area contributed by atoms with Gasteiger partial charge in [-0.1, -0.05) is 13.8 Å². The minimum atomic E-state index is 0.665. The van der Waals surface area contributed by atoms with Gasteiger partial charge in [-0.3, -0.25) is 4.90 Å². The zero-order valence-electron chi connectivity index (χ0n) is 10.5. The number of nitrogens with one attached hydrogen (secondary N) is 1. The van der Waals surface area contributed by atoms with Crippen LogP contribution in [0.3, 0.4) is 0 Å². The second kappa shape index (κ2) is 7.20. The van der Waals surface area contributed by atoms with Gasteiger partial charge in [0.05, 0.1) is 13.2 Å². The van der Waals surface area contributed by atoms with E-state index in [1.165, 1.54) is 6.42 Å². The maximum absolute atomic E-state index is 5.37. The second-order valence-electron chi connectivity index (χ2n) is 4.57. The summed E-state index contributed by atoms with van der Waals surface area (Å²) in [6, 6.07) is 0.665. The molecule has 0 aromatic carbocycles. The van der Waals surface area contributed by atoms with E-state index in [1.807, 2.05) is 0 Å². The van der Waals surface area contributed by atoms with Crippen LogP contribution in [0, 0.1) is 5.92 Å². The van der Waals surface area contributed by atoms with Gasteiger partial charge < -0.3 is 10.1 Å². The van der Waals surface area contributed by atoms with Gasteiger partial charge in [-0.15, -0.1) is 0 Å². The van der Waals surface area contributed by atoms with Gasteiger partial charge in [0.1, 0.15) is 0 Å². The predicted octanol–water partition coefficient (Wildman–Crippen LogP) is 1.34. The summed E-state index contributed by atoms with van der Waals surface area (Å²) in [5.74, 6) is 0.717. The van der Waals surface area contributed by atoms with Gasteiger partial charge >= 0.3 is 0 Å². The number of morpholine rings is 1. The van der Waals surface area contributed by atoms with E-state index in [4.69, 9.17) is 4.74 Å². The van der Waals surface area contributed by atoms with Crippen molar-refractivity contribution in [2.45, 2.75) is 33.2 Å². The van der Waals surface area contributed by atoms with Crippen molar-refractivity contribution in [3.63, 3.8) is 0 Å². The molecule has 0 amide bonds. The van der Waals surface area contributed by atoms with E-state index in [0.29, 0.717) is 6.04 Å². The average Bonchev–Trinajstić information content (AvgIpc) is 2.29. The molecular weight excluding hydrogens is 188 g/mol. The van der Waals surface area contributed by atoms with Crippen molar-refractivity contribution in [2.24, 2.45) is 5.92 Å². The highest BCUT2D eigenvalue weighted by molar-refractivity contribution is 4.76. The molecule has 90 valence electrons. The molecule has 2 atom stereocenters. The van der Waals surface area contributed by atoms with Crippen LogP contribution in [0.15, 0.2) is 0 Å². The topological polar surface area (TPSA) is 24.5 Å². The Morgan fingerprint density at radius 2 is 1.93 bits per heavy atom. The van der Waals surface area contributed by atoms with Crippen LogP contribution in [0.5, 0.6) is 0 Å². The summed E-state index contributed by atoms with van der Waals surface area (Å²) < 4.78 is 5.37. The normalized spacial score (nSPS) is 22.6. The quantitative estimate of drug-likeness (QED) is 0.675. The van der Waals surface area contributed by atoms with Gasteiger partial charge in [0.15, 0.2) is 0 Å². The van der Waals surface area contributed by atoms with E-state index in [0.717, 1.165) is 45.3 Å². The van der Waals surface area contributed by atoms with Crippen molar-refractivity contribution in [3.05, 3.63) is 0 Å². The summed E-state index contributed by atoms with van der Waals surface area (Å²) >= 11 is 0. The van der Waals surface area contributed by atoms with Crippen molar-refractivity contribution in [1.29, 1.82) is 0 Å². The highest BCUT2D eigenvalue weighted by Gasteiger charge is 2.21. The SMILES string of the molecule is CCCNCC(C)C(C)N1CCOCC1. The number of hydrogen-bond donors (Lipinski definition) is 1. The molecule has 1 saturated heterocycles. The number of nitrogens with zero attached hydrogens (tertiary/aromatic N) is 1. The molecule has 0 aliphatic carbocycles. The Bertz CT molecular complexity index is 158. The van der Waals surface area contributed by atoms with E-state index in [2.05, 4.69) is 31.0 Å². The van der Waals surface area contributed by atoms with Crippen molar-refractivity contribution in [1.82, 2.24) is 10.2 Å².